The first kappa shape index (κ1) is 15.4. The zero-order valence-corrected chi connectivity index (χ0v) is 12.7. The molecule has 5 heteroatoms. The summed E-state index contributed by atoms with van der Waals surface area (Å²) in [6, 6.07) is 6.79. The smallest absolute Gasteiger partial charge is 0.147 e. The number of likely N-dealkylation sites (tertiary alicyclic amines) is 1. The van der Waals surface area contributed by atoms with Crippen LogP contribution in [-0.2, 0) is 9.84 Å². The zero-order valence-electron chi connectivity index (χ0n) is 11.9. The monoisotopic (exact) mass is 299 g/mol. The van der Waals surface area contributed by atoms with Crippen molar-refractivity contribution < 1.29 is 12.8 Å². The third-order valence-electron chi connectivity index (χ3n) is 3.92. The van der Waals surface area contributed by atoms with Gasteiger partial charge in [-0.1, -0.05) is 12.1 Å². The minimum Gasteiger partial charge on any atom is -0.303 e. The number of halogens is 1. The van der Waals surface area contributed by atoms with Crippen molar-refractivity contribution in [3.63, 3.8) is 0 Å². The predicted molar refractivity (Wildman–Crippen MR) is 79.1 cm³/mol. The van der Waals surface area contributed by atoms with E-state index < -0.39 is 9.84 Å². The van der Waals surface area contributed by atoms with E-state index in [-0.39, 0.29) is 11.6 Å². The van der Waals surface area contributed by atoms with E-state index >= 15 is 0 Å². The standard InChI is InChI=1S/C15H22FNO2S/c1-20(18,19)12-2-9-17-10-7-14(8-11-17)13-3-5-15(16)6-4-13/h3-6,14H,2,7-12H2,1H3. The Morgan fingerprint density at radius 1 is 1.20 bits per heavy atom. The van der Waals surface area contributed by atoms with Crippen LogP contribution in [0.1, 0.15) is 30.7 Å². The van der Waals surface area contributed by atoms with E-state index in [9.17, 15) is 12.8 Å². The molecule has 0 N–H and O–H groups in total. The maximum atomic E-state index is 12.9. The first-order valence-electron chi connectivity index (χ1n) is 7.09. The van der Waals surface area contributed by atoms with E-state index in [1.54, 1.807) is 0 Å². The summed E-state index contributed by atoms with van der Waals surface area (Å²) in [6.07, 6.45) is 4.11. The molecule has 0 aliphatic carbocycles. The summed E-state index contributed by atoms with van der Waals surface area (Å²) in [5, 5.41) is 0. The van der Waals surface area contributed by atoms with Crippen molar-refractivity contribution in [1.29, 1.82) is 0 Å². The lowest BCUT2D eigenvalue weighted by Crippen LogP contribution is -2.34. The number of hydrogen-bond acceptors (Lipinski definition) is 3. The summed E-state index contributed by atoms with van der Waals surface area (Å²) in [5.41, 5.74) is 1.21. The van der Waals surface area contributed by atoms with Gasteiger partial charge < -0.3 is 4.90 Å². The first-order valence-corrected chi connectivity index (χ1v) is 9.15. The van der Waals surface area contributed by atoms with Crippen LogP contribution in [0, 0.1) is 5.82 Å². The summed E-state index contributed by atoms with van der Waals surface area (Å²) < 4.78 is 35.1. The molecule has 20 heavy (non-hydrogen) atoms. The van der Waals surface area contributed by atoms with Crippen LogP contribution in [0.3, 0.4) is 0 Å². The first-order chi connectivity index (χ1) is 9.44. The minimum atomic E-state index is -2.84. The summed E-state index contributed by atoms with van der Waals surface area (Å²) in [6.45, 7) is 2.83. The Kier molecular flexibility index (Phi) is 5.16. The molecule has 112 valence electrons. The summed E-state index contributed by atoms with van der Waals surface area (Å²) >= 11 is 0. The Morgan fingerprint density at radius 2 is 1.80 bits per heavy atom. The van der Waals surface area contributed by atoms with Gasteiger partial charge in [-0.3, -0.25) is 0 Å². The molecule has 1 aliphatic heterocycles. The van der Waals surface area contributed by atoms with Gasteiger partial charge in [0.1, 0.15) is 15.7 Å². The van der Waals surface area contributed by atoms with Crippen molar-refractivity contribution in [2.75, 3.05) is 31.6 Å². The van der Waals surface area contributed by atoms with Gasteiger partial charge in [-0.15, -0.1) is 0 Å². The number of sulfone groups is 1. The van der Waals surface area contributed by atoms with Gasteiger partial charge in [-0.05, 0) is 62.5 Å². The second-order valence-electron chi connectivity index (χ2n) is 5.65. The molecular formula is C15H22FNO2S. The topological polar surface area (TPSA) is 37.4 Å². The normalized spacial score (nSPS) is 18.3. The molecule has 1 aromatic rings. The van der Waals surface area contributed by atoms with E-state index in [0.717, 1.165) is 32.5 Å². The molecule has 0 atom stereocenters. The van der Waals surface area contributed by atoms with E-state index in [1.165, 1.54) is 24.0 Å². The average Bonchev–Trinajstić information content (AvgIpc) is 2.39. The Morgan fingerprint density at radius 3 is 2.35 bits per heavy atom. The lowest BCUT2D eigenvalue weighted by molar-refractivity contribution is 0.213. The Bertz CT molecular complexity index is 519. The van der Waals surface area contributed by atoms with Gasteiger partial charge in [0.25, 0.3) is 0 Å². The quantitative estimate of drug-likeness (QED) is 0.838. The molecule has 0 amide bonds. The van der Waals surface area contributed by atoms with Gasteiger partial charge in [-0.25, -0.2) is 12.8 Å². The summed E-state index contributed by atoms with van der Waals surface area (Å²) in [5.74, 6) is 0.582. The number of benzene rings is 1. The number of nitrogens with zero attached hydrogens (tertiary/aromatic N) is 1. The van der Waals surface area contributed by atoms with Gasteiger partial charge in [0.2, 0.25) is 0 Å². The minimum absolute atomic E-state index is 0.188. The molecule has 1 aliphatic rings. The van der Waals surface area contributed by atoms with E-state index in [1.807, 2.05) is 12.1 Å². The summed E-state index contributed by atoms with van der Waals surface area (Å²) in [7, 11) is -2.84. The van der Waals surface area contributed by atoms with Gasteiger partial charge in [0.05, 0.1) is 5.75 Å². The van der Waals surface area contributed by atoms with Gasteiger partial charge >= 0.3 is 0 Å². The SMILES string of the molecule is CS(=O)(=O)CCCN1CCC(c2ccc(F)cc2)CC1. The van der Waals surface area contributed by atoms with Crippen LogP contribution in [-0.4, -0.2) is 45.0 Å². The summed E-state index contributed by atoms with van der Waals surface area (Å²) in [4.78, 5) is 2.32. The largest absolute Gasteiger partial charge is 0.303 e. The molecule has 0 unspecified atom stereocenters. The molecular weight excluding hydrogens is 277 g/mol. The molecule has 1 fully saturated rings. The molecule has 0 spiro atoms. The molecule has 1 heterocycles. The molecule has 3 nitrogen and oxygen atoms in total. The van der Waals surface area contributed by atoms with Crippen molar-refractivity contribution >= 4 is 9.84 Å². The highest BCUT2D eigenvalue weighted by Crippen LogP contribution is 2.28. The number of piperidine rings is 1. The Balaban J connectivity index is 1.76. The second-order valence-corrected chi connectivity index (χ2v) is 7.91. The molecule has 1 aromatic carbocycles. The third kappa shape index (κ3) is 4.87. The third-order valence-corrected chi connectivity index (χ3v) is 4.95. The predicted octanol–water partition coefficient (Wildman–Crippen LogP) is 2.44. The van der Waals surface area contributed by atoms with Crippen LogP contribution in [0.2, 0.25) is 0 Å². The molecule has 0 bridgehead atoms. The molecule has 2 rings (SSSR count). The Labute approximate surface area is 120 Å². The van der Waals surface area contributed by atoms with Gasteiger partial charge in [-0.2, -0.15) is 0 Å². The van der Waals surface area contributed by atoms with Crippen LogP contribution in [0.15, 0.2) is 24.3 Å². The fraction of sp³-hybridized carbons (Fsp3) is 0.600. The highest BCUT2D eigenvalue weighted by Gasteiger charge is 2.20. The van der Waals surface area contributed by atoms with Crippen LogP contribution in [0.25, 0.3) is 0 Å². The van der Waals surface area contributed by atoms with Crippen molar-refractivity contribution in [2.24, 2.45) is 0 Å². The van der Waals surface area contributed by atoms with Crippen LogP contribution < -0.4 is 0 Å². The molecule has 0 saturated carbocycles. The highest BCUT2D eigenvalue weighted by molar-refractivity contribution is 7.90. The van der Waals surface area contributed by atoms with Crippen LogP contribution in [0.4, 0.5) is 4.39 Å². The fourth-order valence-corrected chi connectivity index (χ4v) is 3.43. The van der Waals surface area contributed by atoms with Crippen molar-refractivity contribution in [3.05, 3.63) is 35.6 Å². The van der Waals surface area contributed by atoms with Crippen LogP contribution in [0.5, 0.6) is 0 Å². The van der Waals surface area contributed by atoms with E-state index in [4.69, 9.17) is 0 Å². The van der Waals surface area contributed by atoms with E-state index in [2.05, 4.69) is 4.90 Å². The van der Waals surface area contributed by atoms with Crippen molar-refractivity contribution in [1.82, 2.24) is 4.90 Å². The number of hydrogen-bond donors (Lipinski definition) is 0. The Hall–Kier alpha value is -0.940. The lowest BCUT2D eigenvalue weighted by atomic mass is 9.89. The second kappa shape index (κ2) is 6.68. The maximum absolute atomic E-state index is 12.9. The van der Waals surface area contributed by atoms with Gasteiger partial charge in [0, 0.05) is 6.26 Å². The average molecular weight is 299 g/mol. The van der Waals surface area contributed by atoms with E-state index in [0.29, 0.717) is 12.3 Å². The lowest BCUT2D eigenvalue weighted by Gasteiger charge is -2.32. The van der Waals surface area contributed by atoms with Crippen molar-refractivity contribution in [2.45, 2.75) is 25.2 Å². The number of rotatable bonds is 5. The molecule has 0 aromatic heterocycles. The van der Waals surface area contributed by atoms with Crippen molar-refractivity contribution in [3.8, 4) is 0 Å². The fourth-order valence-electron chi connectivity index (χ4n) is 2.78. The van der Waals surface area contributed by atoms with Crippen LogP contribution >= 0.6 is 0 Å². The zero-order chi connectivity index (χ0) is 14.6. The molecule has 0 radical (unpaired) electrons. The highest BCUT2D eigenvalue weighted by atomic mass is 32.2. The van der Waals surface area contributed by atoms with Gasteiger partial charge in [0.15, 0.2) is 0 Å². The molecule has 1 saturated heterocycles. The maximum Gasteiger partial charge on any atom is 0.147 e.